The second-order valence-corrected chi connectivity index (χ2v) is 7.16. The molecule has 5 nitrogen and oxygen atoms in total. The quantitative estimate of drug-likeness (QED) is 0.599. The third-order valence-electron chi connectivity index (χ3n) is 5.08. The molecule has 30 heavy (non-hydrogen) atoms. The summed E-state index contributed by atoms with van der Waals surface area (Å²) in [7, 11) is 0. The van der Waals surface area contributed by atoms with Gasteiger partial charge in [-0.3, -0.25) is 0 Å². The first-order chi connectivity index (χ1) is 14.7. The minimum Gasteiger partial charge on any atom is -0.489 e. The Bertz CT molecular complexity index is 972. The first-order valence-corrected chi connectivity index (χ1v) is 10.2. The van der Waals surface area contributed by atoms with Crippen LogP contribution in [-0.4, -0.2) is 18.7 Å². The molecule has 154 valence electrons. The number of rotatable bonds is 7. The molecule has 5 heteroatoms. The van der Waals surface area contributed by atoms with Crippen molar-refractivity contribution in [1.82, 2.24) is 5.32 Å². The number of ether oxygens (including phenoxy) is 3. The van der Waals surface area contributed by atoms with Gasteiger partial charge >= 0.3 is 6.09 Å². The molecule has 0 bridgehead atoms. The Balaban J connectivity index is 1.43. The number of carbonyl (C=O) groups excluding carboxylic acids is 1. The lowest BCUT2D eigenvalue weighted by Crippen LogP contribution is -2.39. The zero-order valence-electron chi connectivity index (χ0n) is 16.9. The van der Waals surface area contributed by atoms with Gasteiger partial charge in [0.25, 0.3) is 0 Å². The minimum atomic E-state index is -0.423. The molecule has 1 N–H and O–H groups in total. The van der Waals surface area contributed by atoms with Crippen LogP contribution in [0.3, 0.4) is 0 Å². The highest BCUT2D eigenvalue weighted by molar-refractivity contribution is 5.68. The summed E-state index contributed by atoms with van der Waals surface area (Å²) in [5.74, 6) is 1.50. The van der Waals surface area contributed by atoms with Crippen molar-refractivity contribution in [2.24, 2.45) is 0 Å². The third kappa shape index (κ3) is 4.74. The number of carbonyl (C=O) groups is 1. The van der Waals surface area contributed by atoms with Gasteiger partial charge in [0.1, 0.15) is 24.2 Å². The summed E-state index contributed by atoms with van der Waals surface area (Å²) in [6, 6.07) is 25.5. The second kappa shape index (κ2) is 9.35. The molecule has 2 atom stereocenters. The first kappa shape index (κ1) is 19.8. The largest absolute Gasteiger partial charge is 0.489 e. The highest BCUT2D eigenvalue weighted by Crippen LogP contribution is 2.35. The van der Waals surface area contributed by atoms with Crippen LogP contribution in [0.1, 0.15) is 29.7 Å². The number of fused-ring (bicyclic) bond motifs is 1. The number of nitrogens with one attached hydrogen (secondary N) is 1. The van der Waals surface area contributed by atoms with Gasteiger partial charge in [-0.1, -0.05) is 54.6 Å². The normalized spacial score (nSPS) is 17.1. The van der Waals surface area contributed by atoms with Crippen LogP contribution in [-0.2, 0) is 17.8 Å². The fourth-order valence-electron chi connectivity index (χ4n) is 3.66. The summed E-state index contributed by atoms with van der Waals surface area (Å²) >= 11 is 0. The van der Waals surface area contributed by atoms with Crippen molar-refractivity contribution < 1.29 is 19.0 Å². The molecule has 3 aromatic rings. The van der Waals surface area contributed by atoms with Gasteiger partial charge in [-0.25, -0.2) is 4.79 Å². The number of hydrogen-bond donors (Lipinski definition) is 1. The number of hydrogen-bond acceptors (Lipinski definition) is 4. The van der Waals surface area contributed by atoms with E-state index in [2.05, 4.69) is 11.4 Å². The van der Waals surface area contributed by atoms with E-state index in [1.165, 1.54) is 5.56 Å². The molecule has 1 aliphatic rings. The van der Waals surface area contributed by atoms with E-state index in [-0.39, 0.29) is 12.1 Å². The van der Waals surface area contributed by atoms with Crippen molar-refractivity contribution in [1.29, 1.82) is 0 Å². The molecule has 3 aromatic carbocycles. The van der Waals surface area contributed by atoms with Crippen molar-refractivity contribution >= 4 is 6.09 Å². The van der Waals surface area contributed by atoms with E-state index in [1.807, 2.05) is 72.8 Å². The molecule has 1 aliphatic carbocycles. The molecule has 1 unspecified atom stereocenters. The lowest BCUT2D eigenvalue weighted by molar-refractivity contribution is 0.126. The van der Waals surface area contributed by atoms with E-state index >= 15 is 0 Å². The standard InChI is InChI=1S/C25H25NO4/c1-2-28-25(27)26-23-16-19-10-6-7-11-22(19)24(23)30-21-14-12-20(13-15-21)29-17-18-8-4-3-5-9-18/h3-15,23-24H,2,16-17H2,1H3,(H,26,27)/t23?,24-/m0/s1. The van der Waals surface area contributed by atoms with Gasteiger partial charge in [0.15, 0.2) is 0 Å². The molecule has 0 saturated carbocycles. The molecule has 0 saturated heterocycles. The summed E-state index contributed by atoms with van der Waals surface area (Å²) in [6.45, 7) is 2.64. The van der Waals surface area contributed by atoms with E-state index in [0.717, 1.165) is 22.6 Å². The maximum atomic E-state index is 12.0. The Morgan fingerprint density at radius 3 is 2.40 bits per heavy atom. The second-order valence-electron chi connectivity index (χ2n) is 7.16. The Labute approximate surface area is 176 Å². The maximum Gasteiger partial charge on any atom is 0.407 e. The SMILES string of the molecule is CCOC(=O)NC1Cc2ccccc2[C@@H]1Oc1ccc(OCc2ccccc2)cc1. The smallest absolute Gasteiger partial charge is 0.407 e. The molecular formula is C25H25NO4. The molecule has 0 spiro atoms. The van der Waals surface area contributed by atoms with Crippen LogP contribution in [0.25, 0.3) is 0 Å². The minimum absolute atomic E-state index is 0.185. The van der Waals surface area contributed by atoms with Gasteiger partial charge in [0.2, 0.25) is 0 Å². The zero-order valence-corrected chi connectivity index (χ0v) is 16.9. The Kier molecular flexibility index (Phi) is 6.18. The number of amides is 1. The summed E-state index contributed by atoms with van der Waals surface area (Å²) in [6.07, 6.45) is 0.00744. The predicted octanol–water partition coefficient (Wildman–Crippen LogP) is 5.06. The van der Waals surface area contributed by atoms with E-state index in [9.17, 15) is 4.79 Å². The average molecular weight is 403 g/mol. The van der Waals surface area contributed by atoms with Crippen LogP contribution in [0, 0.1) is 0 Å². The fraction of sp³-hybridized carbons (Fsp3) is 0.240. The van der Waals surface area contributed by atoms with Crippen molar-refractivity contribution in [3.63, 3.8) is 0 Å². The van der Waals surface area contributed by atoms with Crippen LogP contribution < -0.4 is 14.8 Å². The molecular weight excluding hydrogens is 378 g/mol. The summed E-state index contributed by atoms with van der Waals surface area (Å²) in [5, 5.41) is 2.94. The predicted molar refractivity (Wildman–Crippen MR) is 115 cm³/mol. The van der Waals surface area contributed by atoms with Gasteiger partial charge in [-0.2, -0.15) is 0 Å². The third-order valence-corrected chi connectivity index (χ3v) is 5.08. The topological polar surface area (TPSA) is 56.8 Å². The molecule has 0 aliphatic heterocycles. The Hall–Kier alpha value is -3.47. The van der Waals surface area contributed by atoms with Gasteiger partial charge in [0, 0.05) is 0 Å². The van der Waals surface area contributed by atoms with E-state index in [4.69, 9.17) is 14.2 Å². The number of benzene rings is 3. The fourth-order valence-corrected chi connectivity index (χ4v) is 3.66. The van der Waals surface area contributed by atoms with Crippen molar-refractivity contribution in [2.45, 2.75) is 32.1 Å². The van der Waals surface area contributed by atoms with Gasteiger partial charge in [-0.15, -0.1) is 0 Å². The Morgan fingerprint density at radius 1 is 0.933 bits per heavy atom. The van der Waals surface area contributed by atoms with Crippen LogP contribution in [0.4, 0.5) is 4.79 Å². The van der Waals surface area contributed by atoms with Gasteiger partial charge < -0.3 is 19.5 Å². The van der Waals surface area contributed by atoms with Crippen LogP contribution in [0.2, 0.25) is 0 Å². The summed E-state index contributed by atoms with van der Waals surface area (Å²) < 4.78 is 17.2. The van der Waals surface area contributed by atoms with E-state index in [1.54, 1.807) is 6.92 Å². The van der Waals surface area contributed by atoms with Crippen molar-refractivity contribution in [3.05, 3.63) is 95.6 Å². The van der Waals surface area contributed by atoms with Gasteiger partial charge in [-0.05, 0) is 54.3 Å². The maximum absolute atomic E-state index is 12.0. The molecule has 0 aromatic heterocycles. The molecule has 0 fully saturated rings. The van der Waals surface area contributed by atoms with Crippen molar-refractivity contribution in [2.75, 3.05) is 6.61 Å². The summed E-state index contributed by atoms with van der Waals surface area (Å²) in [5.41, 5.74) is 3.38. The average Bonchev–Trinajstić information content (AvgIpc) is 3.11. The monoisotopic (exact) mass is 403 g/mol. The molecule has 4 rings (SSSR count). The van der Waals surface area contributed by atoms with E-state index in [0.29, 0.717) is 19.6 Å². The lowest BCUT2D eigenvalue weighted by Gasteiger charge is -2.23. The van der Waals surface area contributed by atoms with Gasteiger partial charge in [0.05, 0.1) is 12.6 Å². The summed E-state index contributed by atoms with van der Waals surface area (Å²) in [4.78, 5) is 12.0. The Morgan fingerprint density at radius 2 is 1.63 bits per heavy atom. The van der Waals surface area contributed by atoms with E-state index < -0.39 is 6.09 Å². The molecule has 0 heterocycles. The zero-order chi connectivity index (χ0) is 20.8. The van der Waals surface area contributed by atoms with Crippen LogP contribution >= 0.6 is 0 Å². The first-order valence-electron chi connectivity index (χ1n) is 10.2. The molecule has 1 amide bonds. The van der Waals surface area contributed by atoms with Crippen LogP contribution in [0.5, 0.6) is 11.5 Å². The lowest BCUT2D eigenvalue weighted by atomic mass is 10.1. The van der Waals surface area contributed by atoms with Crippen LogP contribution in [0.15, 0.2) is 78.9 Å². The molecule has 0 radical (unpaired) electrons. The highest BCUT2D eigenvalue weighted by Gasteiger charge is 2.35. The number of alkyl carbamates (subject to hydrolysis) is 1. The van der Waals surface area contributed by atoms with Crippen molar-refractivity contribution in [3.8, 4) is 11.5 Å². The highest BCUT2D eigenvalue weighted by atomic mass is 16.5.